The van der Waals surface area contributed by atoms with E-state index in [9.17, 15) is 9.59 Å². The van der Waals surface area contributed by atoms with Crippen LogP contribution >= 0.6 is 0 Å². The van der Waals surface area contributed by atoms with E-state index in [4.69, 9.17) is 4.74 Å². The summed E-state index contributed by atoms with van der Waals surface area (Å²) in [7, 11) is 1.64. The van der Waals surface area contributed by atoms with Gasteiger partial charge >= 0.3 is 0 Å². The van der Waals surface area contributed by atoms with Crippen LogP contribution in [0.15, 0.2) is 48.7 Å². The normalized spacial score (nSPS) is 16.7. The standard InChI is InChI=1S/C28H39N3O3/c1-34-19-18-30(28(33)24-12-8-13-24)22-27(32)31(25-14-6-3-7-15-25)21-26-16-9-17-29(26)20-23-10-4-2-5-11-23/h2,4-5,9-11,16-17,24-25H,3,6-8,12-15,18-22H2,1H3. The van der Waals surface area contributed by atoms with Crippen molar-refractivity contribution in [1.82, 2.24) is 14.4 Å². The molecule has 0 N–H and O–H groups in total. The molecule has 0 saturated heterocycles. The van der Waals surface area contributed by atoms with E-state index in [1.165, 1.54) is 12.0 Å². The van der Waals surface area contributed by atoms with Gasteiger partial charge in [0.2, 0.25) is 11.8 Å². The van der Waals surface area contributed by atoms with Gasteiger partial charge in [0.25, 0.3) is 0 Å². The van der Waals surface area contributed by atoms with Crippen LogP contribution in [-0.2, 0) is 27.4 Å². The summed E-state index contributed by atoms with van der Waals surface area (Å²) in [5.41, 5.74) is 2.38. The van der Waals surface area contributed by atoms with Gasteiger partial charge < -0.3 is 19.1 Å². The molecule has 34 heavy (non-hydrogen) atoms. The van der Waals surface area contributed by atoms with Gasteiger partial charge in [0.05, 0.1) is 19.7 Å². The first-order valence-electron chi connectivity index (χ1n) is 12.9. The molecule has 2 saturated carbocycles. The van der Waals surface area contributed by atoms with E-state index >= 15 is 0 Å². The van der Waals surface area contributed by atoms with Crippen LogP contribution in [-0.4, -0.2) is 59.0 Å². The third-order valence-corrected chi connectivity index (χ3v) is 7.44. The fraction of sp³-hybridized carbons (Fsp3) is 0.571. The van der Waals surface area contributed by atoms with Crippen molar-refractivity contribution in [3.8, 4) is 0 Å². The second kappa shape index (κ2) is 12.2. The number of benzene rings is 1. The number of hydrogen-bond acceptors (Lipinski definition) is 3. The Labute approximate surface area is 203 Å². The summed E-state index contributed by atoms with van der Waals surface area (Å²) in [6.07, 6.45) is 10.7. The lowest BCUT2D eigenvalue weighted by Gasteiger charge is -2.37. The number of ether oxygens (including phenoxy) is 1. The molecule has 1 aromatic carbocycles. The molecule has 2 aromatic rings. The Morgan fingerprint density at radius 2 is 1.74 bits per heavy atom. The van der Waals surface area contributed by atoms with Gasteiger partial charge in [0.1, 0.15) is 0 Å². The van der Waals surface area contributed by atoms with Crippen LogP contribution in [0.25, 0.3) is 0 Å². The van der Waals surface area contributed by atoms with E-state index in [0.717, 1.165) is 57.2 Å². The second-order valence-corrected chi connectivity index (χ2v) is 9.81. The predicted molar refractivity (Wildman–Crippen MR) is 133 cm³/mol. The Balaban J connectivity index is 1.50. The van der Waals surface area contributed by atoms with Crippen molar-refractivity contribution in [1.29, 1.82) is 0 Å². The fourth-order valence-electron chi connectivity index (χ4n) is 5.15. The van der Waals surface area contributed by atoms with Gasteiger partial charge in [-0.05, 0) is 43.4 Å². The Hall–Kier alpha value is -2.60. The minimum atomic E-state index is 0.0585. The average Bonchev–Trinajstić information content (AvgIpc) is 3.26. The lowest BCUT2D eigenvalue weighted by Crippen LogP contribution is -2.50. The van der Waals surface area contributed by atoms with Gasteiger partial charge in [-0.1, -0.05) is 56.0 Å². The molecule has 1 heterocycles. The molecule has 0 unspecified atom stereocenters. The van der Waals surface area contributed by atoms with Crippen molar-refractivity contribution in [2.75, 3.05) is 26.8 Å². The van der Waals surface area contributed by atoms with E-state index in [0.29, 0.717) is 19.7 Å². The van der Waals surface area contributed by atoms with Gasteiger partial charge in [0.15, 0.2) is 0 Å². The van der Waals surface area contributed by atoms with Gasteiger partial charge in [-0.15, -0.1) is 0 Å². The van der Waals surface area contributed by atoms with Gasteiger partial charge in [0, 0.05) is 44.0 Å². The first kappa shape index (κ1) is 24.5. The molecule has 2 aliphatic carbocycles. The minimum Gasteiger partial charge on any atom is -0.383 e. The maximum Gasteiger partial charge on any atom is 0.242 e. The van der Waals surface area contributed by atoms with Crippen molar-refractivity contribution in [3.05, 3.63) is 59.9 Å². The number of rotatable bonds is 11. The number of nitrogens with zero attached hydrogens (tertiary/aromatic N) is 3. The predicted octanol–water partition coefficient (Wildman–Crippen LogP) is 4.47. The van der Waals surface area contributed by atoms with Crippen molar-refractivity contribution in [3.63, 3.8) is 0 Å². The molecule has 4 rings (SSSR count). The largest absolute Gasteiger partial charge is 0.383 e. The molecule has 184 valence electrons. The molecule has 1 aromatic heterocycles. The van der Waals surface area contributed by atoms with Gasteiger partial charge in [-0.2, -0.15) is 0 Å². The Kier molecular flexibility index (Phi) is 8.80. The van der Waals surface area contributed by atoms with Crippen LogP contribution in [0, 0.1) is 5.92 Å². The highest BCUT2D eigenvalue weighted by Crippen LogP contribution is 2.29. The van der Waals surface area contributed by atoms with Crippen molar-refractivity contribution in [2.45, 2.75) is 70.5 Å². The summed E-state index contributed by atoms with van der Waals surface area (Å²) < 4.78 is 7.48. The number of aromatic nitrogens is 1. The Bertz CT molecular complexity index is 916. The van der Waals surface area contributed by atoms with Crippen LogP contribution in [0.1, 0.15) is 62.6 Å². The maximum atomic E-state index is 13.7. The van der Waals surface area contributed by atoms with Crippen LogP contribution in [0.2, 0.25) is 0 Å². The third kappa shape index (κ3) is 6.29. The maximum absolute atomic E-state index is 13.7. The summed E-state index contributed by atoms with van der Waals surface area (Å²) in [6.45, 7) is 2.44. The molecule has 0 radical (unpaired) electrons. The van der Waals surface area contributed by atoms with Crippen molar-refractivity contribution >= 4 is 11.8 Å². The molecule has 0 aliphatic heterocycles. The molecule has 0 spiro atoms. The quantitative estimate of drug-likeness (QED) is 0.492. The smallest absolute Gasteiger partial charge is 0.242 e. The number of amides is 2. The molecule has 0 bridgehead atoms. The lowest BCUT2D eigenvalue weighted by molar-refractivity contribution is -0.147. The number of carbonyl (C=O) groups is 2. The topological polar surface area (TPSA) is 54.8 Å². The molecule has 6 heteroatoms. The first-order chi connectivity index (χ1) is 16.7. The zero-order valence-electron chi connectivity index (χ0n) is 20.5. The van der Waals surface area contributed by atoms with Crippen LogP contribution in [0.3, 0.4) is 0 Å². The van der Waals surface area contributed by atoms with Crippen LogP contribution in [0.4, 0.5) is 0 Å². The minimum absolute atomic E-state index is 0.0585. The Morgan fingerprint density at radius 3 is 2.41 bits per heavy atom. The van der Waals surface area contributed by atoms with E-state index < -0.39 is 0 Å². The molecule has 2 aliphatic rings. The number of methoxy groups -OCH3 is 1. The highest BCUT2D eigenvalue weighted by atomic mass is 16.5. The molecular weight excluding hydrogens is 426 g/mol. The fourth-order valence-corrected chi connectivity index (χ4v) is 5.15. The SMILES string of the molecule is COCCN(CC(=O)N(Cc1cccn1Cc1ccccc1)C1CCCCC1)C(=O)C1CCC1. The van der Waals surface area contributed by atoms with Crippen molar-refractivity contribution in [2.24, 2.45) is 5.92 Å². The summed E-state index contributed by atoms with van der Waals surface area (Å²) in [4.78, 5) is 30.6. The van der Waals surface area contributed by atoms with E-state index in [1.54, 1.807) is 12.0 Å². The second-order valence-electron chi connectivity index (χ2n) is 9.81. The number of hydrogen-bond donors (Lipinski definition) is 0. The number of carbonyl (C=O) groups excluding carboxylic acids is 2. The molecule has 0 atom stereocenters. The van der Waals surface area contributed by atoms with Crippen molar-refractivity contribution < 1.29 is 14.3 Å². The first-order valence-corrected chi connectivity index (χ1v) is 12.9. The molecule has 2 fully saturated rings. The average molecular weight is 466 g/mol. The summed E-state index contributed by atoms with van der Waals surface area (Å²) >= 11 is 0. The van der Waals surface area contributed by atoms with Crippen LogP contribution in [0.5, 0.6) is 0 Å². The third-order valence-electron chi connectivity index (χ3n) is 7.44. The lowest BCUT2D eigenvalue weighted by atomic mass is 9.84. The zero-order chi connectivity index (χ0) is 23.8. The summed E-state index contributed by atoms with van der Waals surface area (Å²) in [6, 6.07) is 14.8. The highest BCUT2D eigenvalue weighted by molar-refractivity contribution is 5.86. The Morgan fingerprint density at radius 1 is 0.971 bits per heavy atom. The van der Waals surface area contributed by atoms with E-state index in [2.05, 4.69) is 52.1 Å². The van der Waals surface area contributed by atoms with Crippen LogP contribution < -0.4 is 0 Å². The zero-order valence-corrected chi connectivity index (χ0v) is 20.5. The van der Waals surface area contributed by atoms with Gasteiger partial charge in [-0.3, -0.25) is 9.59 Å². The van der Waals surface area contributed by atoms with E-state index in [-0.39, 0.29) is 30.3 Å². The summed E-state index contributed by atoms with van der Waals surface area (Å²) in [5, 5.41) is 0. The molecular formula is C28H39N3O3. The molecule has 2 amide bonds. The monoisotopic (exact) mass is 465 g/mol. The molecule has 6 nitrogen and oxygen atoms in total. The summed E-state index contributed by atoms with van der Waals surface area (Å²) in [5.74, 6) is 0.256. The van der Waals surface area contributed by atoms with Gasteiger partial charge in [-0.25, -0.2) is 0 Å². The highest BCUT2D eigenvalue weighted by Gasteiger charge is 2.33. The van der Waals surface area contributed by atoms with E-state index in [1.807, 2.05) is 6.07 Å².